The molecule has 2 N–H and O–H groups in total. The number of fused-ring (bicyclic) bond motifs is 3. The highest BCUT2D eigenvalue weighted by molar-refractivity contribution is 8.00. The number of hydrogen-bond donors (Lipinski definition) is 2. The maximum Gasteiger partial charge on any atom is 0.407 e. The molecule has 3 atom stereocenters. The minimum absolute atomic E-state index is 0.00268. The van der Waals surface area contributed by atoms with Crippen LogP contribution in [0, 0.1) is 0 Å². The summed E-state index contributed by atoms with van der Waals surface area (Å²) in [6, 6.07) is 15.2. The van der Waals surface area contributed by atoms with Gasteiger partial charge >= 0.3 is 12.1 Å². The Bertz CT molecular complexity index is 1030. The second-order valence-corrected chi connectivity index (χ2v) is 10.3. The predicted molar refractivity (Wildman–Crippen MR) is 132 cm³/mol. The van der Waals surface area contributed by atoms with Gasteiger partial charge in [-0.3, -0.25) is 9.59 Å². The number of thioether (sulfide) groups is 1. The number of carboxylic acids is 1. The zero-order valence-corrected chi connectivity index (χ0v) is 20.2. The summed E-state index contributed by atoms with van der Waals surface area (Å²) in [5.74, 6) is -0.545. The zero-order valence-electron chi connectivity index (χ0n) is 19.4. The quantitative estimate of drug-likeness (QED) is 0.617. The van der Waals surface area contributed by atoms with E-state index in [1.807, 2.05) is 43.3 Å². The molecule has 8 heteroatoms. The van der Waals surface area contributed by atoms with E-state index in [1.165, 1.54) is 0 Å². The van der Waals surface area contributed by atoms with Crippen molar-refractivity contribution in [3.63, 3.8) is 0 Å². The Balaban J connectivity index is 1.44. The molecule has 3 unspecified atom stereocenters. The molecule has 180 valence electrons. The van der Waals surface area contributed by atoms with E-state index in [2.05, 4.69) is 24.4 Å². The van der Waals surface area contributed by atoms with Gasteiger partial charge in [-0.2, -0.15) is 11.8 Å². The molecule has 34 heavy (non-hydrogen) atoms. The van der Waals surface area contributed by atoms with Crippen molar-refractivity contribution >= 4 is 29.7 Å². The summed E-state index contributed by atoms with van der Waals surface area (Å²) < 4.78 is 5.59. The molecular formula is C26H30N2O5S. The smallest absolute Gasteiger partial charge is 0.407 e. The van der Waals surface area contributed by atoms with Gasteiger partial charge in [0, 0.05) is 35.9 Å². The van der Waals surface area contributed by atoms with E-state index in [4.69, 9.17) is 9.84 Å². The molecule has 7 nitrogen and oxygen atoms in total. The van der Waals surface area contributed by atoms with Gasteiger partial charge in [-0.15, -0.1) is 0 Å². The Morgan fingerprint density at radius 1 is 1.09 bits per heavy atom. The van der Waals surface area contributed by atoms with Crippen LogP contribution in [0.4, 0.5) is 4.79 Å². The van der Waals surface area contributed by atoms with Crippen molar-refractivity contribution in [2.75, 3.05) is 18.9 Å². The Labute approximate surface area is 203 Å². The van der Waals surface area contributed by atoms with Crippen LogP contribution < -0.4 is 5.32 Å². The number of nitrogens with one attached hydrogen (secondary N) is 1. The van der Waals surface area contributed by atoms with Crippen LogP contribution in [0.25, 0.3) is 11.1 Å². The van der Waals surface area contributed by atoms with Gasteiger partial charge in [0.1, 0.15) is 12.6 Å². The van der Waals surface area contributed by atoms with E-state index in [1.54, 1.807) is 16.7 Å². The fraction of sp³-hybridized carbons (Fsp3) is 0.423. The molecule has 0 bridgehead atoms. The van der Waals surface area contributed by atoms with E-state index in [0.717, 1.165) is 28.0 Å². The van der Waals surface area contributed by atoms with Gasteiger partial charge in [-0.25, -0.2) is 4.79 Å². The van der Waals surface area contributed by atoms with Gasteiger partial charge in [-0.05, 0) is 35.6 Å². The highest BCUT2D eigenvalue weighted by Crippen LogP contribution is 2.44. The third kappa shape index (κ3) is 5.06. The van der Waals surface area contributed by atoms with Gasteiger partial charge in [0.05, 0.1) is 0 Å². The van der Waals surface area contributed by atoms with E-state index in [9.17, 15) is 14.4 Å². The fourth-order valence-corrected chi connectivity index (χ4v) is 5.85. The van der Waals surface area contributed by atoms with Crippen molar-refractivity contribution in [1.29, 1.82) is 0 Å². The molecule has 1 aliphatic carbocycles. The van der Waals surface area contributed by atoms with Crippen molar-refractivity contribution in [1.82, 2.24) is 10.2 Å². The monoisotopic (exact) mass is 482 g/mol. The lowest BCUT2D eigenvalue weighted by atomic mass is 9.98. The van der Waals surface area contributed by atoms with Crippen LogP contribution >= 0.6 is 11.8 Å². The fourth-order valence-electron chi connectivity index (χ4n) is 4.75. The summed E-state index contributed by atoms with van der Waals surface area (Å²) in [6.07, 6.45) is -0.909. The molecule has 0 spiro atoms. The third-order valence-corrected chi connectivity index (χ3v) is 8.09. The van der Waals surface area contributed by atoms with Crippen molar-refractivity contribution in [3.8, 4) is 11.1 Å². The Morgan fingerprint density at radius 3 is 2.32 bits per heavy atom. The van der Waals surface area contributed by atoms with Crippen molar-refractivity contribution in [2.24, 2.45) is 0 Å². The summed E-state index contributed by atoms with van der Waals surface area (Å²) in [4.78, 5) is 38.9. The SMILES string of the molecule is CC1SCCN(C(=O)C(CCC(=O)O)NC(=O)OCC2c3ccccc3-c3ccccc32)C1C. The minimum Gasteiger partial charge on any atom is -0.481 e. The summed E-state index contributed by atoms with van der Waals surface area (Å²) in [5.41, 5.74) is 4.47. The number of nitrogens with zero attached hydrogens (tertiary/aromatic N) is 1. The first-order valence-corrected chi connectivity index (χ1v) is 12.7. The molecule has 2 aromatic carbocycles. The van der Waals surface area contributed by atoms with Crippen LogP contribution in [-0.2, 0) is 14.3 Å². The Hall–Kier alpha value is -3.00. The summed E-state index contributed by atoms with van der Waals surface area (Å²) in [7, 11) is 0. The Kier molecular flexibility index (Phi) is 7.46. The molecule has 2 aliphatic rings. The standard InChI is InChI=1S/C26H30N2O5S/c1-16-17(2)34-14-13-28(16)25(31)23(11-12-24(29)30)27-26(32)33-15-22-20-9-5-3-7-18(20)19-8-4-6-10-21(19)22/h3-10,16-17,22-23H,11-15H2,1-2H3,(H,27,32)(H,29,30). The zero-order chi connectivity index (χ0) is 24.2. The molecule has 1 fully saturated rings. The normalized spacial score (nSPS) is 20.2. The van der Waals surface area contributed by atoms with Crippen LogP contribution in [0.3, 0.4) is 0 Å². The number of alkyl carbamates (subject to hydrolysis) is 1. The number of aliphatic carboxylic acids is 1. The minimum atomic E-state index is -1.01. The highest BCUT2D eigenvalue weighted by Gasteiger charge is 2.35. The van der Waals surface area contributed by atoms with Gasteiger partial charge in [-0.1, -0.05) is 55.5 Å². The lowest BCUT2D eigenvalue weighted by Gasteiger charge is -2.39. The molecule has 0 saturated carbocycles. The average molecular weight is 483 g/mol. The van der Waals surface area contributed by atoms with Gasteiger partial charge in [0.25, 0.3) is 0 Å². The molecular weight excluding hydrogens is 452 g/mol. The number of amides is 2. The molecule has 2 aromatic rings. The molecule has 0 aromatic heterocycles. The van der Waals surface area contributed by atoms with E-state index in [0.29, 0.717) is 6.54 Å². The van der Waals surface area contributed by atoms with Gasteiger partial charge < -0.3 is 20.1 Å². The van der Waals surface area contributed by atoms with Gasteiger partial charge in [0.15, 0.2) is 0 Å². The number of rotatable bonds is 7. The predicted octanol–water partition coefficient (Wildman–Crippen LogP) is 4.11. The molecule has 1 saturated heterocycles. The largest absolute Gasteiger partial charge is 0.481 e. The lowest BCUT2D eigenvalue weighted by Crippen LogP contribution is -2.55. The molecule has 4 rings (SSSR count). The van der Waals surface area contributed by atoms with Crippen LogP contribution in [0.5, 0.6) is 0 Å². The maximum absolute atomic E-state index is 13.2. The number of ether oxygens (including phenoxy) is 1. The molecule has 2 amide bonds. The number of benzene rings is 2. The van der Waals surface area contributed by atoms with Crippen molar-refractivity contribution < 1.29 is 24.2 Å². The maximum atomic E-state index is 13.2. The van der Waals surface area contributed by atoms with E-state index < -0.39 is 18.1 Å². The summed E-state index contributed by atoms with van der Waals surface area (Å²) in [5, 5.41) is 12.1. The number of carbonyl (C=O) groups excluding carboxylic acids is 2. The lowest BCUT2D eigenvalue weighted by molar-refractivity contribution is -0.138. The first-order valence-electron chi connectivity index (χ1n) is 11.6. The highest BCUT2D eigenvalue weighted by atomic mass is 32.2. The van der Waals surface area contributed by atoms with Crippen LogP contribution in [0.15, 0.2) is 48.5 Å². The van der Waals surface area contributed by atoms with E-state index in [-0.39, 0.29) is 42.6 Å². The van der Waals surface area contributed by atoms with Crippen molar-refractivity contribution in [2.45, 2.75) is 49.9 Å². The third-order valence-electron chi connectivity index (χ3n) is 6.75. The molecule has 1 heterocycles. The van der Waals surface area contributed by atoms with Crippen molar-refractivity contribution in [3.05, 3.63) is 59.7 Å². The second-order valence-electron chi connectivity index (χ2n) is 8.80. The molecule has 0 radical (unpaired) electrons. The second kappa shape index (κ2) is 10.5. The number of carbonyl (C=O) groups is 3. The van der Waals surface area contributed by atoms with Crippen LogP contribution in [0.1, 0.15) is 43.7 Å². The summed E-state index contributed by atoms with van der Waals surface area (Å²) in [6.45, 7) is 4.76. The Morgan fingerprint density at radius 2 is 1.71 bits per heavy atom. The topological polar surface area (TPSA) is 95.9 Å². The number of hydrogen-bond acceptors (Lipinski definition) is 5. The van der Waals surface area contributed by atoms with Crippen LogP contribution in [0.2, 0.25) is 0 Å². The van der Waals surface area contributed by atoms with Crippen LogP contribution in [-0.4, -0.2) is 64.2 Å². The average Bonchev–Trinajstić information content (AvgIpc) is 3.15. The summed E-state index contributed by atoms with van der Waals surface area (Å²) >= 11 is 1.80. The van der Waals surface area contributed by atoms with E-state index >= 15 is 0 Å². The first-order chi connectivity index (χ1) is 16.4. The first kappa shape index (κ1) is 24.1. The van der Waals surface area contributed by atoms with Gasteiger partial charge in [0.2, 0.25) is 5.91 Å². The number of carboxylic acid groups (broad SMARTS) is 1. The molecule has 1 aliphatic heterocycles.